The van der Waals surface area contributed by atoms with Crippen molar-refractivity contribution in [3.05, 3.63) is 54.1 Å². The Balaban J connectivity index is 1.87. The molecule has 0 radical (unpaired) electrons. The molecule has 0 N–H and O–H groups in total. The van der Waals surface area contributed by atoms with Crippen molar-refractivity contribution >= 4 is 12.0 Å². The standard InChI is InChI=1S/C17H17NO2/c19-13-15-3-1-2-4-17(15)14-5-7-16(8-6-14)18-9-11-20-12-10-18/h1-8,13H,9-12H2. The number of carbonyl (C=O) groups is 1. The average Bonchev–Trinajstić information content (AvgIpc) is 2.56. The van der Waals surface area contributed by atoms with Crippen LogP contribution in [0.15, 0.2) is 48.5 Å². The first-order chi connectivity index (χ1) is 9.88. The van der Waals surface area contributed by atoms with E-state index in [1.165, 1.54) is 5.69 Å². The lowest BCUT2D eigenvalue weighted by atomic mass is 10.00. The molecule has 3 nitrogen and oxygen atoms in total. The Morgan fingerprint density at radius 3 is 2.35 bits per heavy atom. The van der Waals surface area contributed by atoms with Gasteiger partial charge >= 0.3 is 0 Å². The summed E-state index contributed by atoms with van der Waals surface area (Å²) in [6, 6.07) is 16.0. The first-order valence-corrected chi connectivity index (χ1v) is 6.86. The molecule has 3 rings (SSSR count). The van der Waals surface area contributed by atoms with E-state index in [2.05, 4.69) is 29.2 Å². The van der Waals surface area contributed by atoms with Crippen LogP contribution in [0.2, 0.25) is 0 Å². The summed E-state index contributed by atoms with van der Waals surface area (Å²) >= 11 is 0. The smallest absolute Gasteiger partial charge is 0.150 e. The minimum atomic E-state index is 0.728. The van der Waals surface area contributed by atoms with Crippen molar-refractivity contribution in [2.45, 2.75) is 0 Å². The van der Waals surface area contributed by atoms with E-state index in [1.807, 2.05) is 24.3 Å². The van der Waals surface area contributed by atoms with Crippen molar-refractivity contribution in [1.29, 1.82) is 0 Å². The number of nitrogens with zero attached hydrogens (tertiary/aromatic N) is 1. The van der Waals surface area contributed by atoms with E-state index in [1.54, 1.807) is 0 Å². The van der Waals surface area contributed by atoms with E-state index in [-0.39, 0.29) is 0 Å². The molecular weight excluding hydrogens is 250 g/mol. The molecule has 102 valence electrons. The van der Waals surface area contributed by atoms with Crippen LogP contribution in [0.25, 0.3) is 11.1 Å². The van der Waals surface area contributed by atoms with Crippen LogP contribution in [0, 0.1) is 0 Å². The molecule has 0 bridgehead atoms. The van der Waals surface area contributed by atoms with E-state index >= 15 is 0 Å². The monoisotopic (exact) mass is 267 g/mol. The summed E-state index contributed by atoms with van der Waals surface area (Å²) in [5, 5.41) is 0. The Morgan fingerprint density at radius 1 is 0.950 bits per heavy atom. The molecule has 2 aromatic carbocycles. The molecule has 0 unspecified atom stereocenters. The van der Waals surface area contributed by atoms with E-state index < -0.39 is 0 Å². The van der Waals surface area contributed by atoms with Gasteiger partial charge in [0, 0.05) is 24.3 Å². The first kappa shape index (κ1) is 12.9. The predicted octanol–water partition coefficient (Wildman–Crippen LogP) is 3.00. The molecule has 0 aromatic heterocycles. The van der Waals surface area contributed by atoms with Crippen LogP contribution < -0.4 is 4.90 Å². The minimum absolute atomic E-state index is 0.728. The fourth-order valence-electron chi connectivity index (χ4n) is 2.54. The van der Waals surface area contributed by atoms with Gasteiger partial charge in [0.05, 0.1) is 13.2 Å². The van der Waals surface area contributed by atoms with Gasteiger partial charge in [0.25, 0.3) is 0 Å². The molecule has 2 aromatic rings. The number of morpholine rings is 1. The fraction of sp³-hybridized carbons (Fsp3) is 0.235. The Bertz CT molecular complexity index is 586. The van der Waals surface area contributed by atoms with E-state index in [9.17, 15) is 4.79 Å². The second kappa shape index (κ2) is 5.88. The van der Waals surface area contributed by atoms with Crippen molar-refractivity contribution in [2.24, 2.45) is 0 Å². The van der Waals surface area contributed by atoms with Crippen molar-refractivity contribution < 1.29 is 9.53 Å². The summed E-state index contributed by atoms with van der Waals surface area (Å²) in [5.41, 5.74) is 3.99. The lowest BCUT2D eigenvalue weighted by Gasteiger charge is -2.29. The molecule has 0 spiro atoms. The number of ether oxygens (including phenoxy) is 1. The summed E-state index contributed by atoms with van der Waals surface area (Å²) in [6.07, 6.45) is 0.908. The zero-order valence-electron chi connectivity index (χ0n) is 11.3. The number of anilines is 1. The number of rotatable bonds is 3. The van der Waals surface area contributed by atoms with E-state index in [4.69, 9.17) is 4.74 Å². The van der Waals surface area contributed by atoms with Crippen LogP contribution >= 0.6 is 0 Å². The van der Waals surface area contributed by atoms with Gasteiger partial charge in [0.15, 0.2) is 6.29 Å². The molecule has 0 atom stereocenters. The molecular formula is C17H17NO2. The van der Waals surface area contributed by atoms with Gasteiger partial charge in [-0.1, -0.05) is 36.4 Å². The van der Waals surface area contributed by atoms with Gasteiger partial charge in [-0.2, -0.15) is 0 Å². The summed E-state index contributed by atoms with van der Waals surface area (Å²) in [6.45, 7) is 3.44. The Labute approximate surface area is 118 Å². The van der Waals surface area contributed by atoms with Crippen molar-refractivity contribution in [2.75, 3.05) is 31.2 Å². The minimum Gasteiger partial charge on any atom is -0.378 e. The van der Waals surface area contributed by atoms with Crippen molar-refractivity contribution in [1.82, 2.24) is 0 Å². The zero-order valence-corrected chi connectivity index (χ0v) is 11.3. The van der Waals surface area contributed by atoms with Crippen LogP contribution in [-0.2, 0) is 4.74 Å². The van der Waals surface area contributed by atoms with Crippen molar-refractivity contribution in [3.63, 3.8) is 0 Å². The summed E-state index contributed by atoms with van der Waals surface area (Å²) < 4.78 is 5.36. The Morgan fingerprint density at radius 2 is 1.65 bits per heavy atom. The van der Waals surface area contributed by atoms with Crippen LogP contribution in [0.1, 0.15) is 10.4 Å². The topological polar surface area (TPSA) is 29.5 Å². The third kappa shape index (κ3) is 2.58. The largest absolute Gasteiger partial charge is 0.378 e. The number of hydrogen-bond donors (Lipinski definition) is 0. The number of hydrogen-bond acceptors (Lipinski definition) is 3. The molecule has 1 aliphatic rings. The highest BCUT2D eigenvalue weighted by molar-refractivity contribution is 5.87. The van der Waals surface area contributed by atoms with Gasteiger partial charge in [0.1, 0.15) is 0 Å². The zero-order chi connectivity index (χ0) is 13.8. The van der Waals surface area contributed by atoms with Crippen LogP contribution in [0.3, 0.4) is 0 Å². The fourth-order valence-corrected chi connectivity index (χ4v) is 2.54. The molecule has 0 saturated carbocycles. The Kier molecular flexibility index (Phi) is 3.79. The van der Waals surface area contributed by atoms with Gasteiger partial charge in [-0.3, -0.25) is 4.79 Å². The second-order valence-corrected chi connectivity index (χ2v) is 4.85. The highest BCUT2D eigenvalue weighted by atomic mass is 16.5. The normalized spacial score (nSPS) is 15.1. The summed E-state index contributed by atoms with van der Waals surface area (Å²) in [5.74, 6) is 0. The Hall–Kier alpha value is -2.13. The molecule has 1 heterocycles. The predicted molar refractivity (Wildman–Crippen MR) is 80.3 cm³/mol. The highest BCUT2D eigenvalue weighted by Crippen LogP contribution is 2.25. The SMILES string of the molecule is O=Cc1ccccc1-c1ccc(N2CCOCC2)cc1. The average molecular weight is 267 g/mol. The van der Waals surface area contributed by atoms with Gasteiger partial charge in [-0.05, 0) is 23.3 Å². The highest BCUT2D eigenvalue weighted by Gasteiger charge is 2.11. The molecule has 3 heteroatoms. The maximum Gasteiger partial charge on any atom is 0.150 e. The van der Waals surface area contributed by atoms with Crippen LogP contribution in [-0.4, -0.2) is 32.6 Å². The van der Waals surface area contributed by atoms with Gasteiger partial charge in [-0.25, -0.2) is 0 Å². The first-order valence-electron chi connectivity index (χ1n) is 6.86. The quantitative estimate of drug-likeness (QED) is 0.801. The summed E-state index contributed by atoms with van der Waals surface area (Å²) in [7, 11) is 0. The number of aldehydes is 1. The van der Waals surface area contributed by atoms with E-state index in [0.29, 0.717) is 0 Å². The molecule has 20 heavy (non-hydrogen) atoms. The maximum atomic E-state index is 11.1. The second-order valence-electron chi connectivity index (χ2n) is 4.85. The van der Waals surface area contributed by atoms with Gasteiger partial charge in [0.2, 0.25) is 0 Å². The van der Waals surface area contributed by atoms with Gasteiger partial charge in [-0.15, -0.1) is 0 Å². The third-order valence-electron chi connectivity index (χ3n) is 3.64. The molecule has 1 saturated heterocycles. The summed E-state index contributed by atoms with van der Waals surface area (Å²) in [4.78, 5) is 13.4. The van der Waals surface area contributed by atoms with Gasteiger partial charge < -0.3 is 9.64 Å². The lowest BCUT2D eigenvalue weighted by molar-refractivity contribution is 0.112. The van der Waals surface area contributed by atoms with Crippen LogP contribution in [0.5, 0.6) is 0 Å². The molecule has 1 aliphatic heterocycles. The number of carbonyl (C=O) groups excluding carboxylic acids is 1. The lowest BCUT2D eigenvalue weighted by Crippen LogP contribution is -2.36. The van der Waals surface area contributed by atoms with Crippen LogP contribution in [0.4, 0.5) is 5.69 Å². The molecule has 0 amide bonds. The maximum absolute atomic E-state index is 11.1. The third-order valence-corrected chi connectivity index (χ3v) is 3.64. The molecule has 1 fully saturated rings. The number of benzene rings is 2. The molecule has 0 aliphatic carbocycles. The van der Waals surface area contributed by atoms with E-state index in [0.717, 1.165) is 49.3 Å². The van der Waals surface area contributed by atoms with Crippen molar-refractivity contribution in [3.8, 4) is 11.1 Å².